The summed E-state index contributed by atoms with van der Waals surface area (Å²) in [5.41, 5.74) is 11.2. The Hall–Kier alpha value is -4.54. The van der Waals surface area contributed by atoms with Gasteiger partial charge in [0.1, 0.15) is 5.69 Å². The Morgan fingerprint density at radius 1 is 0.868 bits per heavy atom. The molecule has 38 heavy (non-hydrogen) atoms. The van der Waals surface area contributed by atoms with Crippen LogP contribution in [0.25, 0.3) is 22.0 Å². The third-order valence-corrected chi connectivity index (χ3v) is 7.44. The number of pyridine rings is 1. The Morgan fingerprint density at radius 3 is 2.37 bits per heavy atom. The highest BCUT2D eigenvalue weighted by Gasteiger charge is 2.18. The summed E-state index contributed by atoms with van der Waals surface area (Å²) in [6, 6.07) is 23.7. The van der Waals surface area contributed by atoms with Gasteiger partial charge in [-0.25, -0.2) is 13.4 Å². The van der Waals surface area contributed by atoms with Crippen LogP contribution in [0.2, 0.25) is 0 Å². The molecule has 0 unspecified atom stereocenters. The number of sulfonamides is 1. The van der Waals surface area contributed by atoms with Gasteiger partial charge in [0.2, 0.25) is 5.88 Å². The quantitative estimate of drug-likeness (QED) is 0.254. The van der Waals surface area contributed by atoms with E-state index in [9.17, 15) is 8.42 Å². The number of nitrogens with one attached hydrogen (secondary N) is 2. The van der Waals surface area contributed by atoms with Crippen molar-refractivity contribution in [1.29, 1.82) is 0 Å². The minimum atomic E-state index is -3.83. The lowest BCUT2D eigenvalue weighted by atomic mass is 10.0. The van der Waals surface area contributed by atoms with Crippen molar-refractivity contribution < 1.29 is 13.2 Å². The second kappa shape index (κ2) is 10.8. The molecule has 0 fully saturated rings. The summed E-state index contributed by atoms with van der Waals surface area (Å²) >= 11 is 0. The van der Waals surface area contributed by atoms with Gasteiger partial charge in [-0.2, -0.15) is 10.2 Å². The van der Waals surface area contributed by atoms with E-state index in [0.717, 1.165) is 33.3 Å². The fraction of sp³-hybridized carbons (Fsp3) is 0.107. The molecule has 192 valence electrons. The van der Waals surface area contributed by atoms with E-state index in [1.54, 1.807) is 36.7 Å². The van der Waals surface area contributed by atoms with Gasteiger partial charge in [-0.05, 0) is 47.0 Å². The van der Waals surface area contributed by atoms with Crippen molar-refractivity contribution in [1.82, 2.24) is 15.2 Å². The number of hydrogen-bond donors (Lipinski definition) is 3. The van der Waals surface area contributed by atoms with E-state index in [1.165, 1.54) is 19.2 Å². The fourth-order valence-corrected chi connectivity index (χ4v) is 5.09. The van der Waals surface area contributed by atoms with E-state index in [2.05, 4.69) is 25.2 Å². The van der Waals surface area contributed by atoms with Crippen molar-refractivity contribution >= 4 is 32.3 Å². The first-order chi connectivity index (χ1) is 18.5. The minimum Gasteiger partial charge on any atom is -0.480 e. The first-order valence-corrected chi connectivity index (χ1v) is 13.3. The number of methoxy groups -OCH3 is 1. The molecule has 5 rings (SSSR count). The Labute approximate surface area is 220 Å². The number of aromatic nitrogens is 3. The molecule has 0 aliphatic heterocycles. The molecule has 0 aliphatic rings. The lowest BCUT2D eigenvalue weighted by Crippen LogP contribution is -2.14. The van der Waals surface area contributed by atoms with Gasteiger partial charge in [-0.3, -0.25) is 4.72 Å². The highest BCUT2D eigenvalue weighted by Crippen LogP contribution is 2.32. The summed E-state index contributed by atoms with van der Waals surface area (Å²) in [5.74, 6) is 0.169. The van der Waals surface area contributed by atoms with Crippen LogP contribution in [0.1, 0.15) is 11.1 Å². The maximum absolute atomic E-state index is 12.9. The molecular formula is C28H26N6O3S. The van der Waals surface area contributed by atoms with Crippen LogP contribution in [0.3, 0.4) is 0 Å². The van der Waals surface area contributed by atoms with E-state index in [4.69, 9.17) is 10.5 Å². The molecule has 10 heteroatoms. The lowest BCUT2D eigenvalue weighted by Gasteiger charge is -2.14. The lowest BCUT2D eigenvalue weighted by molar-refractivity contribution is 0.400. The van der Waals surface area contributed by atoms with Gasteiger partial charge in [0.25, 0.3) is 10.0 Å². The van der Waals surface area contributed by atoms with E-state index < -0.39 is 10.0 Å². The number of fused-ring (bicyclic) bond motifs is 1. The zero-order valence-electron chi connectivity index (χ0n) is 20.6. The molecule has 2 heterocycles. The van der Waals surface area contributed by atoms with Crippen LogP contribution >= 0.6 is 0 Å². The highest BCUT2D eigenvalue weighted by molar-refractivity contribution is 7.92. The van der Waals surface area contributed by atoms with Gasteiger partial charge in [0, 0.05) is 30.2 Å². The third kappa shape index (κ3) is 5.41. The van der Waals surface area contributed by atoms with Gasteiger partial charge < -0.3 is 15.8 Å². The highest BCUT2D eigenvalue weighted by atomic mass is 32.2. The van der Waals surface area contributed by atoms with E-state index in [-0.39, 0.29) is 16.5 Å². The predicted molar refractivity (Wildman–Crippen MR) is 148 cm³/mol. The number of ether oxygens (including phenoxy) is 1. The maximum atomic E-state index is 12.9. The van der Waals surface area contributed by atoms with Crippen molar-refractivity contribution in [2.75, 3.05) is 17.1 Å². The molecule has 0 amide bonds. The largest absolute Gasteiger partial charge is 0.480 e. The molecule has 2 aromatic heterocycles. The molecule has 0 saturated heterocycles. The van der Waals surface area contributed by atoms with Crippen LogP contribution in [-0.4, -0.2) is 30.7 Å². The van der Waals surface area contributed by atoms with Crippen LogP contribution in [-0.2, 0) is 23.1 Å². The molecule has 0 atom stereocenters. The zero-order valence-corrected chi connectivity index (χ0v) is 21.4. The normalized spacial score (nSPS) is 11.3. The summed E-state index contributed by atoms with van der Waals surface area (Å²) < 4.78 is 33.8. The Balaban J connectivity index is 1.46. The number of anilines is 2. The number of nitrogens with two attached hydrogens (primary N) is 1. The van der Waals surface area contributed by atoms with E-state index in [0.29, 0.717) is 18.7 Å². The monoisotopic (exact) mass is 526 g/mol. The predicted octanol–water partition coefficient (Wildman–Crippen LogP) is 4.57. The van der Waals surface area contributed by atoms with Crippen LogP contribution in [0.5, 0.6) is 5.88 Å². The molecule has 0 bridgehead atoms. The van der Waals surface area contributed by atoms with Crippen LogP contribution < -0.4 is 20.5 Å². The molecule has 4 N–H and O–H groups in total. The maximum Gasteiger partial charge on any atom is 0.262 e. The molecular weight excluding hydrogens is 500 g/mol. The molecule has 0 saturated carbocycles. The minimum absolute atomic E-state index is 0.144. The van der Waals surface area contributed by atoms with Crippen LogP contribution in [0.15, 0.2) is 96.2 Å². The Bertz CT molecular complexity index is 1680. The molecule has 5 aromatic rings. The summed E-state index contributed by atoms with van der Waals surface area (Å²) in [4.78, 5) is 4.49. The van der Waals surface area contributed by atoms with Crippen molar-refractivity contribution in [3.63, 3.8) is 0 Å². The van der Waals surface area contributed by atoms with Crippen LogP contribution in [0.4, 0.5) is 11.4 Å². The average Bonchev–Trinajstić information content (AvgIpc) is 2.96. The average molecular weight is 527 g/mol. The fourth-order valence-electron chi connectivity index (χ4n) is 4.02. The SMILES string of the molecule is COc1ncc(-c2ccc3nncc(NCc4ccc(CN)cc4)c3c2)cc1NS(=O)(=O)c1ccccc1. The Morgan fingerprint density at radius 2 is 1.63 bits per heavy atom. The summed E-state index contributed by atoms with van der Waals surface area (Å²) in [5, 5.41) is 12.7. The zero-order chi connectivity index (χ0) is 26.5. The van der Waals surface area contributed by atoms with Gasteiger partial charge in [-0.1, -0.05) is 48.5 Å². The third-order valence-electron chi connectivity index (χ3n) is 6.06. The van der Waals surface area contributed by atoms with E-state index >= 15 is 0 Å². The van der Waals surface area contributed by atoms with Crippen molar-refractivity contribution in [2.45, 2.75) is 18.0 Å². The van der Waals surface area contributed by atoms with Gasteiger partial charge in [0.05, 0.1) is 29.4 Å². The first-order valence-electron chi connectivity index (χ1n) is 11.9. The van der Waals surface area contributed by atoms with Crippen molar-refractivity contribution in [3.05, 3.63) is 102 Å². The standard InChI is InChI=1S/C28H26N6O3S/c1-37-28-26(34-38(35,36)23-5-3-2-4-6-23)14-22(17-31-28)21-11-12-25-24(13-21)27(18-32-33-25)30-16-20-9-7-19(15-29)8-10-20/h2-14,17-18,34H,15-16,29H2,1H3,(H,30,33). The van der Waals surface area contributed by atoms with Gasteiger partial charge in [-0.15, -0.1) is 0 Å². The van der Waals surface area contributed by atoms with Gasteiger partial charge in [0.15, 0.2) is 0 Å². The van der Waals surface area contributed by atoms with Crippen LogP contribution in [0, 0.1) is 0 Å². The molecule has 0 radical (unpaired) electrons. The summed E-state index contributed by atoms with van der Waals surface area (Å²) in [6.07, 6.45) is 3.33. The van der Waals surface area contributed by atoms with Gasteiger partial charge >= 0.3 is 0 Å². The topological polar surface area (TPSA) is 132 Å². The Kier molecular flexibility index (Phi) is 7.16. The first kappa shape index (κ1) is 25.1. The second-order valence-corrected chi connectivity index (χ2v) is 10.2. The molecule has 9 nitrogen and oxygen atoms in total. The number of hydrogen-bond acceptors (Lipinski definition) is 8. The van der Waals surface area contributed by atoms with E-state index in [1.807, 2.05) is 42.5 Å². The smallest absolute Gasteiger partial charge is 0.262 e. The number of rotatable bonds is 9. The summed E-state index contributed by atoms with van der Waals surface area (Å²) in [6.45, 7) is 1.11. The van der Waals surface area contributed by atoms with Crippen molar-refractivity contribution in [3.8, 4) is 17.0 Å². The molecule has 3 aromatic carbocycles. The number of nitrogens with zero attached hydrogens (tertiary/aromatic N) is 3. The van der Waals surface area contributed by atoms with Crippen molar-refractivity contribution in [2.24, 2.45) is 5.73 Å². The second-order valence-electron chi connectivity index (χ2n) is 8.56. The number of benzene rings is 3. The molecule has 0 spiro atoms. The summed E-state index contributed by atoms with van der Waals surface area (Å²) in [7, 11) is -2.39. The molecule has 0 aliphatic carbocycles.